The van der Waals surface area contributed by atoms with Gasteiger partial charge in [0.25, 0.3) is 5.56 Å². The maximum Gasteiger partial charge on any atom is 0.303 e. The maximum absolute atomic E-state index is 12.6. The largest absolute Gasteiger partial charge is 0.492 e. The molecule has 6 heteroatoms. The van der Waals surface area contributed by atoms with Gasteiger partial charge in [0, 0.05) is 23.3 Å². The van der Waals surface area contributed by atoms with Crippen molar-refractivity contribution in [1.82, 2.24) is 4.98 Å². The topological polar surface area (TPSA) is 79.4 Å². The predicted molar refractivity (Wildman–Crippen MR) is 122 cm³/mol. The highest BCUT2D eigenvalue weighted by Gasteiger charge is 2.26. The lowest BCUT2D eigenvalue weighted by Gasteiger charge is -2.14. The fourth-order valence-corrected chi connectivity index (χ4v) is 4.49. The summed E-state index contributed by atoms with van der Waals surface area (Å²) in [5, 5.41) is 9.22. The zero-order valence-electron chi connectivity index (χ0n) is 17.5. The molecule has 0 spiro atoms. The van der Waals surface area contributed by atoms with Crippen LogP contribution < -0.4 is 10.3 Å². The molecular formula is C25H28ClNO4. The third kappa shape index (κ3) is 5.59. The van der Waals surface area contributed by atoms with Crippen LogP contribution in [-0.2, 0) is 4.79 Å². The Hall–Kier alpha value is -2.53. The number of pyridine rings is 1. The first kappa shape index (κ1) is 21.7. The Morgan fingerprint density at radius 1 is 1.16 bits per heavy atom. The lowest BCUT2D eigenvalue weighted by molar-refractivity contribution is -0.137. The van der Waals surface area contributed by atoms with Crippen LogP contribution in [0.1, 0.15) is 74.1 Å². The monoisotopic (exact) mass is 441 g/mol. The molecule has 0 aliphatic heterocycles. The van der Waals surface area contributed by atoms with Gasteiger partial charge in [-0.1, -0.05) is 42.7 Å². The Morgan fingerprint density at radius 2 is 1.94 bits per heavy atom. The first-order valence-corrected chi connectivity index (χ1v) is 11.5. The average molecular weight is 442 g/mol. The van der Waals surface area contributed by atoms with E-state index in [0.717, 1.165) is 48.1 Å². The molecule has 1 aromatic carbocycles. The van der Waals surface area contributed by atoms with Crippen LogP contribution in [0.4, 0.5) is 0 Å². The van der Waals surface area contributed by atoms with Crippen molar-refractivity contribution < 1.29 is 14.6 Å². The summed E-state index contributed by atoms with van der Waals surface area (Å²) in [5.41, 5.74) is 3.62. The second kappa shape index (κ2) is 9.73. The van der Waals surface area contributed by atoms with Gasteiger partial charge in [-0.3, -0.25) is 9.59 Å². The second-order valence-corrected chi connectivity index (χ2v) is 8.95. The molecule has 2 saturated carbocycles. The minimum absolute atomic E-state index is 0.00167. The Labute approximate surface area is 187 Å². The molecule has 2 aromatic rings. The summed E-state index contributed by atoms with van der Waals surface area (Å²) in [5.74, 6) is 0.599. The number of ether oxygens (including phenoxy) is 1. The van der Waals surface area contributed by atoms with Crippen molar-refractivity contribution in [2.24, 2.45) is 5.92 Å². The number of carbonyl (C=O) groups is 1. The van der Waals surface area contributed by atoms with Crippen molar-refractivity contribution in [2.75, 3.05) is 6.61 Å². The van der Waals surface area contributed by atoms with E-state index in [1.807, 2.05) is 30.3 Å². The number of benzene rings is 1. The van der Waals surface area contributed by atoms with Gasteiger partial charge >= 0.3 is 5.97 Å². The van der Waals surface area contributed by atoms with Crippen molar-refractivity contribution in [3.8, 4) is 5.75 Å². The van der Waals surface area contributed by atoms with E-state index in [4.69, 9.17) is 21.4 Å². The van der Waals surface area contributed by atoms with Crippen molar-refractivity contribution >= 4 is 23.1 Å². The summed E-state index contributed by atoms with van der Waals surface area (Å²) in [7, 11) is 0. The average Bonchev–Trinajstić information content (AvgIpc) is 3.45. The SMILES string of the molecule is O=C(O)CCCOc1ccc(/C(=C\C2CCCC2)c2ccc(C3CC3)c(=O)[nH]2)cc1Cl. The Morgan fingerprint density at radius 3 is 2.58 bits per heavy atom. The maximum atomic E-state index is 12.6. The highest BCUT2D eigenvalue weighted by Crippen LogP contribution is 2.39. The first-order valence-electron chi connectivity index (χ1n) is 11.1. The summed E-state index contributed by atoms with van der Waals surface area (Å²) in [4.78, 5) is 26.4. The number of halogens is 1. The first-order chi connectivity index (χ1) is 15.0. The fourth-order valence-electron chi connectivity index (χ4n) is 4.25. The minimum Gasteiger partial charge on any atom is -0.492 e. The van der Waals surface area contributed by atoms with Gasteiger partial charge < -0.3 is 14.8 Å². The standard InChI is InChI=1S/C25H28ClNO4/c26-21-15-18(9-12-23(21)31-13-3-6-24(28)29)20(14-16-4-1-2-5-16)22-11-10-19(17-7-8-17)25(30)27-22/h9-12,14-17H,1-8,13H2,(H,27,30)(H,28,29)/b20-14+. The molecule has 0 atom stereocenters. The predicted octanol–water partition coefficient (Wildman–Crippen LogP) is 5.77. The Bertz CT molecular complexity index is 1030. The van der Waals surface area contributed by atoms with E-state index in [2.05, 4.69) is 11.1 Å². The molecule has 31 heavy (non-hydrogen) atoms. The van der Waals surface area contributed by atoms with Crippen LogP contribution in [0.15, 0.2) is 41.2 Å². The van der Waals surface area contributed by atoms with Crippen LogP contribution in [0.2, 0.25) is 5.02 Å². The minimum atomic E-state index is -0.839. The number of carboxylic acid groups (broad SMARTS) is 1. The molecule has 4 rings (SSSR count). The van der Waals surface area contributed by atoms with Gasteiger partial charge in [-0.15, -0.1) is 0 Å². The van der Waals surface area contributed by atoms with Gasteiger partial charge in [0.05, 0.1) is 11.6 Å². The molecule has 164 valence electrons. The van der Waals surface area contributed by atoms with Crippen molar-refractivity contribution in [3.63, 3.8) is 0 Å². The van der Waals surface area contributed by atoms with Gasteiger partial charge in [-0.05, 0) is 67.7 Å². The summed E-state index contributed by atoms with van der Waals surface area (Å²) >= 11 is 6.48. The number of hydrogen-bond donors (Lipinski definition) is 2. The smallest absolute Gasteiger partial charge is 0.303 e. The summed E-state index contributed by atoms with van der Waals surface area (Å²) < 4.78 is 5.66. The second-order valence-electron chi connectivity index (χ2n) is 8.55. The molecule has 2 N–H and O–H groups in total. The van der Waals surface area contributed by atoms with E-state index >= 15 is 0 Å². The number of rotatable bonds is 9. The molecule has 5 nitrogen and oxygen atoms in total. The molecule has 0 amide bonds. The molecule has 1 heterocycles. The molecule has 0 bridgehead atoms. The van der Waals surface area contributed by atoms with E-state index in [1.165, 1.54) is 12.8 Å². The molecule has 2 aliphatic rings. The van der Waals surface area contributed by atoms with Gasteiger partial charge in [0.15, 0.2) is 0 Å². The zero-order chi connectivity index (χ0) is 21.8. The lowest BCUT2D eigenvalue weighted by Crippen LogP contribution is -2.13. The number of allylic oxidation sites excluding steroid dienone is 1. The lowest BCUT2D eigenvalue weighted by atomic mass is 9.95. The summed E-state index contributed by atoms with van der Waals surface area (Å²) in [6, 6.07) is 9.61. The quantitative estimate of drug-likeness (QED) is 0.484. The van der Waals surface area contributed by atoms with Crippen LogP contribution in [0, 0.1) is 5.92 Å². The molecule has 1 aromatic heterocycles. The van der Waals surface area contributed by atoms with E-state index in [0.29, 0.717) is 35.6 Å². The van der Waals surface area contributed by atoms with E-state index in [9.17, 15) is 9.59 Å². The number of H-pyrrole nitrogens is 1. The van der Waals surface area contributed by atoms with Crippen LogP contribution in [0.3, 0.4) is 0 Å². The van der Waals surface area contributed by atoms with Gasteiger partial charge in [-0.2, -0.15) is 0 Å². The molecule has 0 saturated heterocycles. The summed E-state index contributed by atoms with van der Waals surface area (Å²) in [6.07, 6.45) is 9.73. The number of hydrogen-bond acceptors (Lipinski definition) is 3. The van der Waals surface area contributed by atoms with E-state index in [-0.39, 0.29) is 12.0 Å². The van der Waals surface area contributed by atoms with Gasteiger partial charge in [-0.25, -0.2) is 0 Å². The van der Waals surface area contributed by atoms with E-state index in [1.54, 1.807) is 0 Å². The molecular weight excluding hydrogens is 414 g/mol. The zero-order valence-corrected chi connectivity index (χ0v) is 18.3. The van der Waals surface area contributed by atoms with Crippen LogP contribution in [0.25, 0.3) is 5.57 Å². The van der Waals surface area contributed by atoms with Crippen molar-refractivity contribution in [3.05, 3.63) is 68.6 Å². The number of aromatic nitrogens is 1. The highest BCUT2D eigenvalue weighted by molar-refractivity contribution is 6.32. The van der Waals surface area contributed by atoms with Crippen LogP contribution in [0.5, 0.6) is 5.75 Å². The third-order valence-electron chi connectivity index (χ3n) is 6.08. The van der Waals surface area contributed by atoms with E-state index < -0.39 is 5.97 Å². The number of carboxylic acids is 1. The van der Waals surface area contributed by atoms with Gasteiger partial charge in [0.2, 0.25) is 0 Å². The number of nitrogens with one attached hydrogen (secondary N) is 1. The van der Waals surface area contributed by atoms with Gasteiger partial charge in [0.1, 0.15) is 5.75 Å². The Balaban J connectivity index is 1.59. The third-order valence-corrected chi connectivity index (χ3v) is 6.38. The fraction of sp³-hybridized carbons (Fsp3) is 0.440. The van der Waals surface area contributed by atoms with Crippen LogP contribution in [-0.4, -0.2) is 22.7 Å². The molecule has 0 unspecified atom stereocenters. The molecule has 2 aliphatic carbocycles. The highest BCUT2D eigenvalue weighted by atomic mass is 35.5. The van der Waals surface area contributed by atoms with Crippen LogP contribution >= 0.6 is 11.6 Å². The van der Waals surface area contributed by atoms with Crippen molar-refractivity contribution in [1.29, 1.82) is 0 Å². The Kier molecular flexibility index (Phi) is 6.81. The normalized spacial score (nSPS) is 17.1. The summed E-state index contributed by atoms with van der Waals surface area (Å²) in [6.45, 7) is 0.298. The van der Waals surface area contributed by atoms with Crippen molar-refractivity contribution in [2.45, 2.75) is 57.3 Å². The molecule has 2 fully saturated rings. The number of aliphatic carboxylic acids is 1. The number of aromatic amines is 1. The molecule has 0 radical (unpaired) electrons.